The molecular formula is C13H22NO2+. The maximum absolute atomic E-state index is 5.68. The maximum atomic E-state index is 5.68. The molecule has 3 nitrogen and oxygen atoms in total. The smallest absolute Gasteiger partial charge is 0.161 e. The van der Waals surface area contributed by atoms with Crippen LogP contribution >= 0.6 is 0 Å². The third kappa shape index (κ3) is 3.74. The molecule has 0 aromatic heterocycles. The molecule has 0 spiro atoms. The van der Waals surface area contributed by atoms with Crippen LogP contribution < -0.4 is 15.2 Å². The molecular weight excluding hydrogens is 202 g/mol. The van der Waals surface area contributed by atoms with E-state index >= 15 is 0 Å². The summed E-state index contributed by atoms with van der Waals surface area (Å²) in [6.07, 6.45) is 3.51. The lowest BCUT2D eigenvalue weighted by Gasteiger charge is -2.11. The minimum atomic E-state index is 0.758. The van der Waals surface area contributed by atoms with Crippen molar-refractivity contribution < 1.29 is 15.2 Å². The number of quaternary nitrogens is 1. The molecule has 0 heterocycles. The predicted octanol–water partition coefficient (Wildman–Crippen LogP) is 2.01. The average molecular weight is 224 g/mol. The highest BCUT2D eigenvalue weighted by Gasteiger charge is 2.05. The second kappa shape index (κ2) is 7.12. The van der Waals surface area contributed by atoms with E-state index in [2.05, 4.69) is 12.7 Å². The molecule has 1 aromatic carbocycles. The van der Waals surface area contributed by atoms with Crippen molar-refractivity contribution in [3.63, 3.8) is 0 Å². The highest BCUT2D eigenvalue weighted by Crippen LogP contribution is 2.27. The van der Waals surface area contributed by atoms with Gasteiger partial charge in [0, 0.05) is 5.56 Å². The van der Waals surface area contributed by atoms with Crippen LogP contribution in [-0.2, 0) is 6.54 Å². The molecule has 0 saturated carbocycles. The normalized spacial score (nSPS) is 10.2. The molecule has 0 aliphatic rings. The first-order chi connectivity index (χ1) is 7.81. The number of methoxy groups -OCH3 is 1. The van der Waals surface area contributed by atoms with Crippen molar-refractivity contribution in [2.75, 3.05) is 13.7 Å². The van der Waals surface area contributed by atoms with Crippen LogP contribution in [0.5, 0.6) is 11.5 Å². The predicted molar refractivity (Wildman–Crippen MR) is 64.6 cm³/mol. The zero-order valence-corrected chi connectivity index (χ0v) is 10.3. The van der Waals surface area contributed by atoms with Crippen molar-refractivity contribution in [1.29, 1.82) is 0 Å². The van der Waals surface area contributed by atoms with Gasteiger partial charge in [0.15, 0.2) is 11.5 Å². The Bertz CT molecular complexity index is 313. The summed E-state index contributed by atoms with van der Waals surface area (Å²) in [6.45, 7) is 3.71. The van der Waals surface area contributed by atoms with Crippen molar-refractivity contribution in [2.45, 2.75) is 32.7 Å². The lowest BCUT2D eigenvalue weighted by atomic mass is 10.2. The van der Waals surface area contributed by atoms with Gasteiger partial charge in [-0.2, -0.15) is 0 Å². The monoisotopic (exact) mass is 224 g/mol. The summed E-state index contributed by atoms with van der Waals surface area (Å²) in [6, 6.07) is 5.98. The lowest BCUT2D eigenvalue weighted by molar-refractivity contribution is -0.386. The molecule has 0 fully saturated rings. The van der Waals surface area contributed by atoms with Crippen molar-refractivity contribution in [2.24, 2.45) is 0 Å². The molecule has 0 bridgehead atoms. The lowest BCUT2D eigenvalue weighted by Crippen LogP contribution is -2.47. The molecule has 3 heteroatoms. The van der Waals surface area contributed by atoms with Crippen LogP contribution in [0.3, 0.4) is 0 Å². The van der Waals surface area contributed by atoms with Crippen molar-refractivity contribution in [3.05, 3.63) is 23.8 Å². The third-order valence-electron chi connectivity index (χ3n) is 2.52. The molecule has 0 radical (unpaired) electrons. The van der Waals surface area contributed by atoms with E-state index in [1.165, 1.54) is 12.8 Å². The van der Waals surface area contributed by atoms with Crippen LogP contribution in [0.4, 0.5) is 0 Å². The average Bonchev–Trinajstić information content (AvgIpc) is 2.34. The van der Waals surface area contributed by atoms with E-state index in [9.17, 15) is 0 Å². The number of hydrogen-bond donors (Lipinski definition) is 1. The molecule has 1 rings (SSSR count). The fraction of sp³-hybridized carbons (Fsp3) is 0.538. The van der Waals surface area contributed by atoms with E-state index in [4.69, 9.17) is 9.47 Å². The Morgan fingerprint density at radius 3 is 2.62 bits per heavy atom. The van der Waals surface area contributed by atoms with Crippen LogP contribution in [0.2, 0.25) is 0 Å². The first-order valence-corrected chi connectivity index (χ1v) is 5.90. The topological polar surface area (TPSA) is 46.1 Å². The fourth-order valence-corrected chi connectivity index (χ4v) is 1.52. The van der Waals surface area contributed by atoms with Gasteiger partial charge in [0.2, 0.25) is 0 Å². The Balaban J connectivity index is 2.57. The maximum Gasteiger partial charge on any atom is 0.161 e. The Kier molecular flexibility index (Phi) is 5.72. The number of benzene rings is 1. The standard InChI is InChI=1S/C13H21NO2/c1-3-4-5-8-16-12-7-6-11(10-14)9-13(12)15-2/h6-7,9H,3-5,8,10,14H2,1-2H3/p+1. The fourth-order valence-electron chi connectivity index (χ4n) is 1.52. The van der Waals surface area contributed by atoms with Gasteiger partial charge in [0.25, 0.3) is 0 Å². The molecule has 16 heavy (non-hydrogen) atoms. The summed E-state index contributed by atoms with van der Waals surface area (Å²) in [4.78, 5) is 0. The first-order valence-electron chi connectivity index (χ1n) is 5.90. The first kappa shape index (κ1) is 12.8. The minimum absolute atomic E-state index is 0.758. The molecule has 3 N–H and O–H groups in total. The van der Waals surface area contributed by atoms with Gasteiger partial charge >= 0.3 is 0 Å². The van der Waals surface area contributed by atoms with Gasteiger partial charge in [-0.1, -0.05) is 19.8 Å². The Morgan fingerprint density at radius 2 is 2.00 bits per heavy atom. The molecule has 0 aliphatic carbocycles. The molecule has 0 aliphatic heterocycles. The molecule has 90 valence electrons. The summed E-state index contributed by atoms with van der Waals surface area (Å²) >= 11 is 0. The number of ether oxygens (including phenoxy) is 2. The van der Waals surface area contributed by atoms with Crippen LogP contribution in [-0.4, -0.2) is 13.7 Å². The molecule has 0 amide bonds. The number of rotatable bonds is 7. The van der Waals surface area contributed by atoms with E-state index in [-0.39, 0.29) is 0 Å². The van der Waals surface area contributed by atoms with Gasteiger partial charge in [-0.25, -0.2) is 0 Å². The van der Waals surface area contributed by atoms with E-state index in [1.54, 1.807) is 7.11 Å². The summed E-state index contributed by atoms with van der Waals surface area (Å²) in [5.41, 5.74) is 5.02. The van der Waals surface area contributed by atoms with E-state index < -0.39 is 0 Å². The van der Waals surface area contributed by atoms with Gasteiger partial charge in [0.1, 0.15) is 0 Å². The second-order valence-electron chi connectivity index (χ2n) is 3.79. The number of unbranched alkanes of at least 4 members (excludes halogenated alkanes) is 2. The molecule has 1 aromatic rings. The van der Waals surface area contributed by atoms with Gasteiger partial charge < -0.3 is 15.2 Å². The SMILES string of the molecule is CCCCCOc1ccc(C[NH3+])cc1OC. The highest BCUT2D eigenvalue weighted by molar-refractivity contribution is 5.42. The van der Waals surface area contributed by atoms with E-state index in [0.717, 1.165) is 36.6 Å². The van der Waals surface area contributed by atoms with E-state index in [0.29, 0.717) is 0 Å². The van der Waals surface area contributed by atoms with Crippen LogP contribution in [0, 0.1) is 0 Å². The summed E-state index contributed by atoms with van der Waals surface area (Å²) < 4.78 is 11.0. The van der Waals surface area contributed by atoms with Gasteiger partial charge in [-0.05, 0) is 24.6 Å². The third-order valence-corrected chi connectivity index (χ3v) is 2.52. The van der Waals surface area contributed by atoms with E-state index in [1.807, 2.05) is 18.2 Å². The zero-order chi connectivity index (χ0) is 11.8. The second-order valence-corrected chi connectivity index (χ2v) is 3.79. The van der Waals surface area contributed by atoms with Gasteiger partial charge in [-0.15, -0.1) is 0 Å². The molecule has 0 unspecified atom stereocenters. The highest BCUT2D eigenvalue weighted by atomic mass is 16.5. The van der Waals surface area contributed by atoms with Gasteiger partial charge in [-0.3, -0.25) is 0 Å². The Labute approximate surface area is 97.6 Å². The quantitative estimate of drug-likeness (QED) is 0.720. The van der Waals surface area contributed by atoms with Crippen molar-refractivity contribution in [3.8, 4) is 11.5 Å². The van der Waals surface area contributed by atoms with Crippen molar-refractivity contribution >= 4 is 0 Å². The van der Waals surface area contributed by atoms with Gasteiger partial charge in [0.05, 0.1) is 20.3 Å². The molecule has 0 saturated heterocycles. The summed E-state index contributed by atoms with van der Waals surface area (Å²) in [7, 11) is 1.67. The summed E-state index contributed by atoms with van der Waals surface area (Å²) in [5.74, 6) is 1.63. The Morgan fingerprint density at radius 1 is 1.19 bits per heavy atom. The zero-order valence-electron chi connectivity index (χ0n) is 10.3. The van der Waals surface area contributed by atoms with Crippen LogP contribution in [0.1, 0.15) is 31.7 Å². The molecule has 0 atom stereocenters. The van der Waals surface area contributed by atoms with Crippen LogP contribution in [0.15, 0.2) is 18.2 Å². The largest absolute Gasteiger partial charge is 0.493 e. The van der Waals surface area contributed by atoms with Crippen molar-refractivity contribution in [1.82, 2.24) is 0 Å². The Hall–Kier alpha value is -1.22. The number of hydrogen-bond acceptors (Lipinski definition) is 2. The minimum Gasteiger partial charge on any atom is -0.493 e. The summed E-state index contributed by atoms with van der Waals surface area (Å²) in [5, 5.41) is 0. The van der Waals surface area contributed by atoms with Crippen LogP contribution in [0.25, 0.3) is 0 Å².